The predicted octanol–water partition coefficient (Wildman–Crippen LogP) is 3.14. The standard InChI is InChI=1S/C23H26N2O5/c1-3-20(22(27)28)25-21(26)14(2)12-24-23(29)30-13-19-17-10-6-4-8-15(17)16-9-5-7-11-18(16)19/h4-11,14,19-20H,3,12-13H2,1-2H3,(H,24,29)(H,25,26)(H,27,28). The van der Waals surface area contributed by atoms with Crippen LogP contribution in [-0.4, -0.2) is 42.3 Å². The number of carbonyl (C=O) groups excluding carboxylic acids is 2. The van der Waals surface area contributed by atoms with Crippen molar-refractivity contribution in [3.63, 3.8) is 0 Å². The second kappa shape index (κ2) is 9.43. The van der Waals surface area contributed by atoms with Gasteiger partial charge in [0, 0.05) is 12.5 Å². The van der Waals surface area contributed by atoms with Gasteiger partial charge in [-0.25, -0.2) is 9.59 Å². The number of carbonyl (C=O) groups is 3. The van der Waals surface area contributed by atoms with Crippen molar-refractivity contribution in [1.82, 2.24) is 10.6 Å². The highest BCUT2D eigenvalue weighted by molar-refractivity contribution is 5.85. The first kappa shape index (κ1) is 21.4. The Hall–Kier alpha value is -3.35. The van der Waals surface area contributed by atoms with Crippen LogP contribution in [0.25, 0.3) is 11.1 Å². The summed E-state index contributed by atoms with van der Waals surface area (Å²) in [5.74, 6) is -2.13. The average Bonchev–Trinajstić information content (AvgIpc) is 3.07. The van der Waals surface area contributed by atoms with Crippen LogP contribution in [0, 0.1) is 5.92 Å². The van der Waals surface area contributed by atoms with Crippen LogP contribution < -0.4 is 10.6 Å². The molecule has 0 bridgehead atoms. The summed E-state index contributed by atoms with van der Waals surface area (Å²) in [6, 6.07) is 15.2. The van der Waals surface area contributed by atoms with Crippen molar-refractivity contribution >= 4 is 18.0 Å². The quantitative estimate of drug-likeness (QED) is 0.620. The van der Waals surface area contributed by atoms with Gasteiger partial charge in [0.25, 0.3) is 0 Å². The minimum atomic E-state index is -1.08. The Morgan fingerprint density at radius 3 is 2.13 bits per heavy atom. The van der Waals surface area contributed by atoms with E-state index < -0.39 is 29.9 Å². The summed E-state index contributed by atoms with van der Waals surface area (Å²) in [7, 11) is 0. The van der Waals surface area contributed by atoms with Gasteiger partial charge in [-0.1, -0.05) is 62.4 Å². The van der Waals surface area contributed by atoms with Gasteiger partial charge >= 0.3 is 12.1 Å². The summed E-state index contributed by atoms with van der Waals surface area (Å²) in [6.07, 6.45) is -0.324. The summed E-state index contributed by atoms with van der Waals surface area (Å²) in [5, 5.41) is 14.1. The molecule has 30 heavy (non-hydrogen) atoms. The molecule has 2 unspecified atom stereocenters. The van der Waals surface area contributed by atoms with Gasteiger partial charge in [0.05, 0.1) is 5.92 Å². The molecular formula is C23H26N2O5. The number of hydrogen-bond acceptors (Lipinski definition) is 4. The number of carboxylic acid groups (broad SMARTS) is 1. The van der Waals surface area contributed by atoms with Gasteiger partial charge < -0.3 is 20.5 Å². The van der Waals surface area contributed by atoms with Crippen LogP contribution in [0.15, 0.2) is 48.5 Å². The summed E-state index contributed by atoms with van der Waals surface area (Å²) in [6.45, 7) is 3.54. The topological polar surface area (TPSA) is 105 Å². The highest BCUT2D eigenvalue weighted by Gasteiger charge is 2.29. The molecule has 0 radical (unpaired) electrons. The lowest BCUT2D eigenvalue weighted by Gasteiger charge is -2.18. The van der Waals surface area contributed by atoms with E-state index in [2.05, 4.69) is 22.8 Å². The molecular weight excluding hydrogens is 384 g/mol. The van der Waals surface area contributed by atoms with Gasteiger partial charge in [0.15, 0.2) is 0 Å². The van der Waals surface area contributed by atoms with Crippen LogP contribution in [0.5, 0.6) is 0 Å². The van der Waals surface area contributed by atoms with Crippen molar-refractivity contribution < 1.29 is 24.2 Å². The molecule has 0 aromatic heterocycles. The molecule has 7 nitrogen and oxygen atoms in total. The second-order valence-corrected chi connectivity index (χ2v) is 7.42. The molecule has 158 valence electrons. The number of hydrogen-bond donors (Lipinski definition) is 3. The second-order valence-electron chi connectivity index (χ2n) is 7.42. The zero-order chi connectivity index (χ0) is 21.7. The number of carboxylic acids is 1. The molecule has 0 saturated heterocycles. The number of alkyl carbamates (subject to hydrolysis) is 1. The molecule has 0 fully saturated rings. The predicted molar refractivity (Wildman–Crippen MR) is 112 cm³/mol. The number of ether oxygens (including phenoxy) is 1. The molecule has 3 N–H and O–H groups in total. The van der Waals surface area contributed by atoms with Gasteiger partial charge in [0.1, 0.15) is 12.6 Å². The van der Waals surface area contributed by atoms with E-state index in [1.54, 1.807) is 13.8 Å². The van der Waals surface area contributed by atoms with Crippen molar-refractivity contribution in [1.29, 1.82) is 0 Å². The molecule has 7 heteroatoms. The molecule has 2 atom stereocenters. The summed E-state index contributed by atoms with van der Waals surface area (Å²) in [5.41, 5.74) is 4.55. The third-order valence-corrected chi connectivity index (χ3v) is 5.37. The Labute approximate surface area is 175 Å². The smallest absolute Gasteiger partial charge is 0.407 e. The van der Waals surface area contributed by atoms with Crippen LogP contribution in [0.2, 0.25) is 0 Å². The van der Waals surface area contributed by atoms with Gasteiger partial charge in [0.2, 0.25) is 5.91 Å². The van der Waals surface area contributed by atoms with Crippen molar-refractivity contribution in [2.75, 3.05) is 13.2 Å². The van der Waals surface area contributed by atoms with E-state index in [-0.39, 0.29) is 25.5 Å². The van der Waals surface area contributed by atoms with E-state index in [0.717, 1.165) is 22.3 Å². The molecule has 1 aliphatic rings. The highest BCUT2D eigenvalue weighted by atomic mass is 16.5. The molecule has 2 aromatic carbocycles. The lowest BCUT2D eigenvalue weighted by atomic mass is 9.98. The fraction of sp³-hybridized carbons (Fsp3) is 0.348. The number of aliphatic carboxylic acids is 1. The zero-order valence-electron chi connectivity index (χ0n) is 17.1. The van der Waals surface area contributed by atoms with Crippen LogP contribution in [0.4, 0.5) is 4.79 Å². The van der Waals surface area contributed by atoms with Gasteiger partial charge in [-0.05, 0) is 28.7 Å². The SMILES string of the molecule is CCC(NC(=O)C(C)CNC(=O)OCC1c2ccccc2-c2ccccc21)C(=O)O. The van der Waals surface area contributed by atoms with Crippen molar-refractivity contribution in [2.24, 2.45) is 5.92 Å². The molecule has 2 amide bonds. The minimum Gasteiger partial charge on any atom is -0.480 e. The first-order valence-electron chi connectivity index (χ1n) is 10.0. The van der Waals surface area contributed by atoms with Crippen LogP contribution in [0.1, 0.15) is 37.3 Å². The fourth-order valence-electron chi connectivity index (χ4n) is 3.63. The van der Waals surface area contributed by atoms with Crippen molar-refractivity contribution in [3.05, 3.63) is 59.7 Å². The molecule has 0 aliphatic heterocycles. The van der Waals surface area contributed by atoms with Crippen LogP contribution in [0.3, 0.4) is 0 Å². The van der Waals surface area contributed by atoms with Crippen LogP contribution >= 0.6 is 0 Å². The van der Waals surface area contributed by atoms with E-state index in [0.29, 0.717) is 0 Å². The molecule has 0 saturated carbocycles. The molecule has 3 rings (SSSR count). The maximum absolute atomic E-state index is 12.2. The van der Waals surface area contributed by atoms with E-state index in [1.165, 1.54) is 0 Å². The average molecular weight is 410 g/mol. The monoisotopic (exact) mass is 410 g/mol. The van der Waals surface area contributed by atoms with E-state index in [1.807, 2.05) is 36.4 Å². The number of fused-ring (bicyclic) bond motifs is 3. The first-order chi connectivity index (χ1) is 14.4. The van der Waals surface area contributed by atoms with Gasteiger partial charge in [-0.15, -0.1) is 0 Å². The lowest BCUT2D eigenvalue weighted by Crippen LogP contribution is -2.45. The van der Waals surface area contributed by atoms with Crippen molar-refractivity contribution in [2.45, 2.75) is 32.2 Å². The molecule has 0 heterocycles. The number of benzene rings is 2. The van der Waals surface area contributed by atoms with Crippen LogP contribution in [-0.2, 0) is 14.3 Å². The maximum atomic E-state index is 12.2. The van der Waals surface area contributed by atoms with E-state index in [4.69, 9.17) is 9.84 Å². The summed E-state index contributed by atoms with van der Waals surface area (Å²) < 4.78 is 5.43. The largest absolute Gasteiger partial charge is 0.480 e. The molecule has 2 aromatic rings. The summed E-state index contributed by atoms with van der Waals surface area (Å²) in [4.78, 5) is 35.3. The van der Waals surface area contributed by atoms with Crippen molar-refractivity contribution in [3.8, 4) is 11.1 Å². The number of nitrogens with one attached hydrogen (secondary N) is 2. The highest BCUT2D eigenvalue weighted by Crippen LogP contribution is 2.44. The first-order valence-corrected chi connectivity index (χ1v) is 10.0. The summed E-state index contributed by atoms with van der Waals surface area (Å²) >= 11 is 0. The number of amides is 2. The Bertz CT molecular complexity index is 897. The Morgan fingerprint density at radius 2 is 1.60 bits per heavy atom. The van der Waals surface area contributed by atoms with E-state index >= 15 is 0 Å². The normalized spacial score (nSPS) is 14.2. The number of rotatable bonds is 8. The molecule has 1 aliphatic carbocycles. The Balaban J connectivity index is 1.53. The maximum Gasteiger partial charge on any atom is 0.407 e. The van der Waals surface area contributed by atoms with E-state index in [9.17, 15) is 14.4 Å². The zero-order valence-corrected chi connectivity index (χ0v) is 17.1. The van der Waals surface area contributed by atoms with Gasteiger partial charge in [-0.2, -0.15) is 0 Å². The minimum absolute atomic E-state index is 0.0373. The molecule has 0 spiro atoms. The third kappa shape index (κ3) is 4.62. The Morgan fingerprint density at radius 1 is 1.03 bits per heavy atom. The fourth-order valence-corrected chi connectivity index (χ4v) is 3.63. The Kier molecular flexibility index (Phi) is 6.72. The third-order valence-electron chi connectivity index (χ3n) is 5.37. The lowest BCUT2D eigenvalue weighted by molar-refractivity contribution is -0.142. The van der Waals surface area contributed by atoms with Gasteiger partial charge in [-0.3, -0.25) is 4.79 Å².